The molecular formula is C59H94O6. The molecular weight excluding hydrogens is 805 g/mol. The van der Waals surface area contributed by atoms with Crippen LogP contribution in [0.15, 0.2) is 122 Å². The minimum Gasteiger partial charge on any atom is -0.462 e. The van der Waals surface area contributed by atoms with Crippen molar-refractivity contribution in [1.29, 1.82) is 0 Å². The van der Waals surface area contributed by atoms with Crippen molar-refractivity contribution < 1.29 is 28.6 Å². The fraction of sp³-hybridized carbons (Fsp3) is 0.610. The number of carbonyl (C=O) groups is 3. The minimum atomic E-state index is -0.810. The molecule has 0 aromatic heterocycles. The highest BCUT2D eigenvalue weighted by molar-refractivity contribution is 5.71. The Bertz CT molecular complexity index is 1400. The van der Waals surface area contributed by atoms with Crippen LogP contribution in [0.2, 0.25) is 0 Å². The van der Waals surface area contributed by atoms with Gasteiger partial charge in [-0.25, -0.2) is 0 Å². The Morgan fingerprint density at radius 3 is 1.14 bits per heavy atom. The molecule has 0 saturated carbocycles. The number of esters is 3. The summed E-state index contributed by atoms with van der Waals surface area (Å²) in [6, 6.07) is 0. The second-order valence-electron chi connectivity index (χ2n) is 16.8. The van der Waals surface area contributed by atoms with Gasteiger partial charge in [0.25, 0.3) is 0 Å². The molecule has 0 bridgehead atoms. The Morgan fingerprint density at radius 2 is 0.677 bits per heavy atom. The molecule has 1 unspecified atom stereocenters. The van der Waals surface area contributed by atoms with Gasteiger partial charge in [-0.1, -0.05) is 206 Å². The Morgan fingerprint density at radius 1 is 0.338 bits per heavy atom. The zero-order chi connectivity index (χ0) is 47.2. The van der Waals surface area contributed by atoms with Crippen molar-refractivity contribution in [2.45, 2.75) is 219 Å². The van der Waals surface area contributed by atoms with Gasteiger partial charge in [0.2, 0.25) is 0 Å². The standard InChI is InChI=1S/C59H94O6/c1-4-7-10-13-16-19-22-25-27-28-29-30-32-34-37-40-43-46-49-52-58(61)64-55-56(54-63-57(60)51-48-45-42-39-36-33-24-21-18-15-12-9-6-3)65-59(62)53-50-47-44-41-38-35-31-26-23-20-17-14-11-8-5-2/h7,9-10,12,15-21,23-27,29-30,34,37,56H,4-6,8,11,13-14,22,28,31-33,35-36,38-55H2,1-3H3/b10-7-,12-9-,18-15-,19-16-,20-17-,24-21-,26-23-,27-25-,30-29-,37-34-. The molecule has 0 aliphatic heterocycles. The molecule has 0 saturated heterocycles. The summed E-state index contributed by atoms with van der Waals surface area (Å²) < 4.78 is 16.8. The number of allylic oxidation sites excluding steroid dienone is 20. The number of rotatable bonds is 45. The van der Waals surface area contributed by atoms with Crippen LogP contribution < -0.4 is 0 Å². The zero-order valence-corrected chi connectivity index (χ0v) is 41.7. The van der Waals surface area contributed by atoms with Crippen LogP contribution in [0, 0.1) is 0 Å². The van der Waals surface area contributed by atoms with Crippen LogP contribution in [0.3, 0.4) is 0 Å². The largest absolute Gasteiger partial charge is 0.462 e. The van der Waals surface area contributed by atoms with E-state index in [4.69, 9.17) is 14.2 Å². The number of hydrogen-bond donors (Lipinski definition) is 0. The van der Waals surface area contributed by atoms with E-state index < -0.39 is 6.10 Å². The van der Waals surface area contributed by atoms with Gasteiger partial charge in [-0.05, 0) is 109 Å². The van der Waals surface area contributed by atoms with E-state index in [1.807, 2.05) is 0 Å². The van der Waals surface area contributed by atoms with Gasteiger partial charge < -0.3 is 14.2 Å². The van der Waals surface area contributed by atoms with Gasteiger partial charge in [0.1, 0.15) is 13.2 Å². The van der Waals surface area contributed by atoms with Crippen molar-refractivity contribution in [3.05, 3.63) is 122 Å². The molecule has 0 aliphatic rings. The molecule has 0 spiro atoms. The first-order valence-corrected chi connectivity index (χ1v) is 26.1. The highest BCUT2D eigenvalue weighted by atomic mass is 16.6. The first kappa shape index (κ1) is 60.8. The quantitative estimate of drug-likeness (QED) is 0.0199. The van der Waals surface area contributed by atoms with Crippen LogP contribution in [0.25, 0.3) is 0 Å². The summed E-state index contributed by atoms with van der Waals surface area (Å²) in [4.78, 5) is 38.0. The van der Waals surface area contributed by atoms with E-state index in [1.165, 1.54) is 32.1 Å². The van der Waals surface area contributed by atoms with Gasteiger partial charge in [-0.15, -0.1) is 0 Å². The molecule has 0 fully saturated rings. The van der Waals surface area contributed by atoms with Crippen LogP contribution >= 0.6 is 0 Å². The van der Waals surface area contributed by atoms with E-state index in [-0.39, 0.29) is 31.1 Å². The molecule has 0 N–H and O–H groups in total. The smallest absolute Gasteiger partial charge is 0.306 e. The average molecular weight is 899 g/mol. The maximum atomic E-state index is 12.8. The first-order valence-electron chi connectivity index (χ1n) is 26.1. The number of carbonyl (C=O) groups excluding carboxylic acids is 3. The summed E-state index contributed by atoms with van der Waals surface area (Å²) in [5, 5.41) is 0. The summed E-state index contributed by atoms with van der Waals surface area (Å²) in [5.74, 6) is -0.979. The topological polar surface area (TPSA) is 78.9 Å². The fourth-order valence-corrected chi connectivity index (χ4v) is 6.63. The van der Waals surface area contributed by atoms with Crippen LogP contribution in [0.1, 0.15) is 213 Å². The van der Waals surface area contributed by atoms with Crippen LogP contribution in [0.4, 0.5) is 0 Å². The molecule has 6 heteroatoms. The highest BCUT2D eigenvalue weighted by Crippen LogP contribution is 2.13. The highest BCUT2D eigenvalue weighted by Gasteiger charge is 2.19. The summed E-state index contributed by atoms with van der Waals surface area (Å²) >= 11 is 0. The van der Waals surface area contributed by atoms with E-state index in [0.717, 1.165) is 141 Å². The monoisotopic (exact) mass is 899 g/mol. The fourth-order valence-electron chi connectivity index (χ4n) is 6.63. The van der Waals surface area contributed by atoms with E-state index in [0.29, 0.717) is 19.3 Å². The van der Waals surface area contributed by atoms with Crippen molar-refractivity contribution >= 4 is 17.9 Å². The van der Waals surface area contributed by atoms with Crippen molar-refractivity contribution in [2.24, 2.45) is 0 Å². The molecule has 0 amide bonds. The third-order valence-electron chi connectivity index (χ3n) is 10.5. The molecule has 0 rings (SSSR count). The van der Waals surface area contributed by atoms with E-state index in [2.05, 4.69) is 142 Å². The molecule has 65 heavy (non-hydrogen) atoms. The Balaban J connectivity index is 4.51. The number of unbranched alkanes of at least 4 members (excludes halogenated alkanes) is 17. The second kappa shape index (κ2) is 52.4. The minimum absolute atomic E-state index is 0.108. The molecule has 6 nitrogen and oxygen atoms in total. The molecule has 1 atom stereocenters. The predicted molar refractivity (Wildman–Crippen MR) is 279 cm³/mol. The molecule has 0 aromatic carbocycles. The number of hydrogen-bond acceptors (Lipinski definition) is 6. The third kappa shape index (κ3) is 50.7. The third-order valence-corrected chi connectivity index (χ3v) is 10.5. The van der Waals surface area contributed by atoms with E-state index >= 15 is 0 Å². The lowest BCUT2D eigenvalue weighted by molar-refractivity contribution is -0.167. The summed E-state index contributed by atoms with van der Waals surface area (Å²) in [5.41, 5.74) is 0. The van der Waals surface area contributed by atoms with Gasteiger partial charge in [0.05, 0.1) is 0 Å². The maximum Gasteiger partial charge on any atom is 0.306 e. The molecule has 0 heterocycles. The normalized spacial score (nSPS) is 13.1. The lowest BCUT2D eigenvalue weighted by atomic mass is 10.1. The Hall–Kier alpha value is -4.19. The van der Waals surface area contributed by atoms with Gasteiger partial charge in [-0.3, -0.25) is 14.4 Å². The van der Waals surface area contributed by atoms with Crippen molar-refractivity contribution in [3.8, 4) is 0 Å². The Kier molecular flexibility index (Phi) is 49.1. The molecule has 0 aliphatic carbocycles. The summed E-state index contributed by atoms with van der Waals surface area (Å²) in [6.45, 7) is 6.29. The average Bonchev–Trinajstić information content (AvgIpc) is 3.30. The van der Waals surface area contributed by atoms with Gasteiger partial charge >= 0.3 is 17.9 Å². The zero-order valence-electron chi connectivity index (χ0n) is 41.7. The molecule has 366 valence electrons. The Labute approximate surface area is 399 Å². The van der Waals surface area contributed by atoms with Crippen molar-refractivity contribution in [2.75, 3.05) is 13.2 Å². The summed E-state index contributed by atoms with van der Waals surface area (Å²) in [7, 11) is 0. The summed E-state index contributed by atoms with van der Waals surface area (Å²) in [6.07, 6.45) is 71.8. The first-order chi connectivity index (χ1) is 32.0. The van der Waals surface area contributed by atoms with Gasteiger partial charge in [-0.2, -0.15) is 0 Å². The van der Waals surface area contributed by atoms with Crippen LogP contribution in [-0.4, -0.2) is 37.2 Å². The predicted octanol–water partition coefficient (Wildman–Crippen LogP) is 17.3. The van der Waals surface area contributed by atoms with Crippen molar-refractivity contribution in [3.63, 3.8) is 0 Å². The molecule has 0 radical (unpaired) electrons. The SMILES string of the molecule is CC\C=C/C=C\C=C/CCCCCCCC(=O)OCC(COC(=O)CCCCC/C=C\C/C=C\C/C=C\C/C=C\C/C=C\CC)OC(=O)CCCCCCCC/C=C\C=C/CCCCC. The molecule has 0 aromatic rings. The van der Waals surface area contributed by atoms with Gasteiger partial charge in [0.15, 0.2) is 6.10 Å². The van der Waals surface area contributed by atoms with Gasteiger partial charge in [0, 0.05) is 19.3 Å². The van der Waals surface area contributed by atoms with E-state index in [1.54, 1.807) is 0 Å². The lowest BCUT2D eigenvalue weighted by Gasteiger charge is -2.18. The maximum absolute atomic E-state index is 12.8. The van der Waals surface area contributed by atoms with Crippen molar-refractivity contribution in [1.82, 2.24) is 0 Å². The lowest BCUT2D eigenvalue weighted by Crippen LogP contribution is -2.30. The second-order valence-corrected chi connectivity index (χ2v) is 16.8. The van der Waals surface area contributed by atoms with E-state index in [9.17, 15) is 14.4 Å². The van der Waals surface area contributed by atoms with Crippen LogP contribution in [-0.2, 0) is 28.6 Å². The van der Waals surface area contributed by atoms with Crippen LogP contribution in [0.5, 0.6) is 0 Å². The number of ether oxygens (including phenoxy) is 3.